The van der Waals surface area contributed by atoms with Crippen LogP contribution in [-0.4, -0.2) is 56.3 Å². The van der Waals surface area contributed by atoms with Gasteiger partial charge in [-0.1, -0.05) is 39.0 Å². The topological polar surface area (TPSA) is 93.5 Å². The van der Waals surface area contributed by atoms with Gasteiger partial charge in [-0.25, -0.2) is 8.42 Å². The molecular formula is C25H32N4O3S2. The lowest BCUT2D eigenvalue weighted by Gasteiger charge is -2.33. The third kappa shape index (κ3) is 5.20. The zero-order valence-corrected chi connectivity index (χ0v) is 21.6. The number of fused-ring (bicyclic) bond motifs is 1. The van der Waals surface area contributed by atoms with Gasteiger partial charge in [-0.3, -0.25) is 9.69 Å². The number of anilines is 1. The molecule has 0 bridgehead atoms. The number of piperazine rings is 1. The van der Waals surface area contributed by atoms with Crippen molar-refractivity contribution in [1.82, 2.24) is 9.21 Å². The van der Waals surface area contributed by atoms with Crippen molar-refractivity contribution in [3.05, 3.63) is 46.3 Å². The maximum atomic E-state index is 12.8. The van der Waals surface area contributed by atoms with Crippen LogP contribution in [0.4, 0.5) is 5.00 Å². The van der Waals surface area contributed by atoms with E-state index in [1.165, 1.54) is 20.5 Å². The number of amides is 1. The van der Waals surface area contributed by atoms with Crippen molar-refractivity contribution in [3.8, 4) is 6.07 Å². The van der Waals surface area contributed by atoms with Crippen LogP contribution < -0.4 is 5.32 Å². The molecule has 1 N–H and O–H groups in total. The maximum absolute atomic E-state index is 12.8. The summed E-state index contributed by atoms with van der Waals surface area (Å²) < 4.78 is 27.1. The first-order chi connectivity index (χ1) is 16.1. The van der Waals surface area contributed by atoms with E-state index < -0.39 is 10.0 Å². The van der Waals surface area contributed by atoms with Crippen molar-refractivity contribution >= 4 is 32.3 Å². The Morgan fingerprint density at radius 3 is 2.47 bits per heavy atom. The molecule has 1 atom stereocenters. The van der Waals surface area contributed by atoms with E-state index in [4.69, 9.17) is 0 Å². The molecule has 182 valence electrons. The zero-order valence-electron chi connectivity index (χ0n) is 20.0. The van der Waals surface area contributed by atoms with Crippen molar-refractivity contribution in [1.29, 1.82) is 5.26 Å². The van der Waals surface area contributed by atoms with E-state index >= 15 is 0 Å². The van der Waals surface area contributed by atoms with Crippen LogP contribution in [0.3, 0.4) is 0 Å². The van der Waals surface area contributed by atoms with Gasteiger partial charge in [0, 0.05) is 31.1 Å². The number of carbonyl (C=O) groups excluding carboxylic acids is 1. The van der Waals surface area contributed by atoms with Crippen LogP contribution >= 0.6 is 11.3 Å². The van der Waals surface area contributed by atoms with Crippen molar-refractivity contribution in [2.75, 3.05) is 38.0 Å². The minimum Gasteiger partial charge on any atom is -0.315 e. The Bertz CT molecular complexity index is 1190. The SMILES string of the molecule is CC(C)(C)C1CCc2c(sc(NC(=O)CN3CCN(S(=O)(=O)c4ccccc4)CC3)c2C#N)C1. The normalized spacial score (nSPS) is 19.9. The number of benzene rings is 1. The van der Waals surface area contributed by atoms with Gasteiger partial charge in [-0.15, -0.1) is 11.3 Å². The van der Waals surface area contributed by atoms with Gasteiger partial charge in [0.2, 0.25) is 15.9 Å². The van der Waals surface area contributed by atoms with Gasteiger partial charge in [-0.2, -0.15) is 9.57 Å². The highest BCUT2D eigenvalue weighted by Gasteiger charge is 2.33. The number of sulfonamides is 1. The average Bonchev–Trinajstić information content (AvgIpc) is 3.15. The van der Waals surface area contributed by atoms with Crippen LogP contribution in [0.25, 0.3) is 0 Å². The van der Waals surface area contributed by atoms with Crippen LogP contribution in [0.5, 0.6) is 0 Å². The van der Waals surface area contributed by atoms with E-state index in [0.29, 0.717) is 47.6 Å². The Morgan fingerprint density at radius 2 is 1.85 bits per heavy atom. The molecule has 1 fully saturated rings. The van der Waals surface area contributed by atoms with E-state index in [9.17, 15) is 18.5 Å². The van der Waals surface area contributed by atoms with Crippen LogP contribution in [0.15, 0.2) is 35.2 Å². The molecule has 7 nitrogen and oxygen atoms in total. The lowest BCUT2D eigenvalue weighted by atomic mass is 9.72. The van der Waals surface area contributed by atoms with E-state index in [1.807, 2.05) is 4.90 Å². The van der Waals surface area contributed by atoms with Gasteiger partial charge in [0.15, 0.2) is 0 Å². The fraction of sp³-hybridized carbons (Fsp3) is 0.520. The number of nitrogens with zero attached hydrogens (tertiary/aromatic N) is 3. The molecule has 0 spiro atoms. The molecule has 1 amide bonds. The molecule has 34 heavy (non-hydrogen) atoms. The van der Waals surface area contributed by atoms with E-state index in [0.717, 1.165) is 24.8 Å². The van der Waals surface area contributed by atoms with Crippen molar-refractivity contribution < 1.29 is 13.2 Å². The number of nitriles is 1. The average molecular weight is 501 g/mol. The highest BCUT2D eigenvalue weighted by Crippen LogP contribution is 2.44. The second kappa shape index (κ2) is 9.78. The summed E-state index contributed by atoms with van der Waals surface area (Å²) in [7, 11) is -3.52. The summed E-state index contributed by atoms with van der Waals surface area (Å²) in [5.41, 5.74) is 1.93. The van der Waals surface area contributed by atoms with Crippen molar-refractivity contribution in [2.24, 2.45) is 11.3 Å². The molecule has 4 rings (SSSR count). The van der Waals surface area contributed by atoms with Crippen molar-refractivity contribution in [3.63, 3.8) is 0 Å². The largest absolute Gasteiger partial charge is 0.315 e. The first kappa shape index (κ1) is 24.9. The minimum absolute atomic E-state index is 0.165. The highest BCUT2D eigenvalue weighted by molar-refractivity contribution is 7.89. The Labute approximate surface area is 206 Å². The van der Waals surface area contributed by atoms with E-state index in [-0.39, 0.29) is 17.9 Å². The molecule has 2 aromatic rings. The van der Waals surface area contributed by atoms with Crippen molar-refractivity contribution in [2.45, 2.75) is 44.9 Å². The fourth-order valence-corrected chi connectivity index (χ4v) is 7.51. The minimum atomic E-state index is -3.52. The molecule has 1 saturated heterocycles. The fourth-order valence-electron chi connectivity index (χ4n) is 4.77. The molecule has 0 saturated carbocycles. The number of carbonyl (C=O) groups is 1. The molecule has 1 unspecified atom stereocenters. The molecule has 1 aliphatic carbocycles. The van der Waals surface area contributed by atoms with E-state index in [1.54, 1.807) is 30.3 Å². The highest BCUT2D eigenvalue weighted by atomic mass is 32.2. The second-order valence-corrected chi connectivity index (χ2v) is 13.2. The van der Waals surface area contributed by atoms with Gasteiger partial charge < -0.3 is 5.32 Å². The number of hydrogen-bond acceptors (Lipinski definition) is 6. The molecule has 2 heterocycles. The summed E-state index contributed by atoms with van der Waals surface area (Å²) in [6.07, 6.45) is 2.89. The Morgan fingerprint density at radius 1 is 1.18 bits per heavy atom. The lowest BCUT2D eigenvalue weighted by Crippen LogP contribution is -2.50. The second-order valence-electron chi connectivity index (χ2n) is 10.2. The van der Waals surface area contributed by atoms with Gasteiger partial charge in [0.05, 0.1) is 17.0 Å². The third-order valence-corrected chi connectivity index (χ3v) is 10.0. The number of hydrogen-bond donors (Lipinski definition) is 1. The molecule has 9 heteroatoms. The summed E-state index contributed by atoms with van der Waals surface area (Å²) in [4.78, 5) is 16.3. The molecule has 0 radical (unpaired) electrons. The molecule has 2 aliphatic rings. The summed E-state index contributed by atoms with van der Waals surface area (Å²) in [5, 5.41) is 13.4. The van der Waals surface area contributed by atoms with Crippen LogP contribution in [0.2, 0.25) is 0 Å². The first-order valence-electron chi connectivity index (χ1n) is 11.7. The smallest absolute Gasteiger partial charge is 0.243 e. The molecule has 1 aromatic carbocycles. The van der Waals surface area contributed by atoms with Gasteiger partial charge in [0.1, 0.15) is 11.1 Å². The van der Waals surface area contributed by atoms with Crippen LogP contribution in [0.1, 0.15) is 43.2 Å². The zero-order chi connectivity index (χ0) is 24.5. The summed E-state index contributed by atoms with van der Waals surface area (Å²) in [6, 6.07) is 10.7. The van der Waals surface area contributed by atoms with Gasteiger partial charge >= 0.3 is 0 Å². The first-order valence-corrected chi connectivity index (χ1v) is 14.0. The number of thiophene rings is 1. The van der Waals surface area contributed by atoms with Gasteiger partial charge in [0.25, 0.3) is 0 Å². The number of rotatable bonds is 5. The molecule has 1 aromatic heterocycles. The summed E-state index contributed by atoms with van der Waals surface area (Å²) in [5.74, 6) is 0.402. The predicted octanol–water partition coefficient (Wildman–Crippen LogP) is 3.72. The summed E-state index contributed by atoms with van der Waals surface area (Å²) in [6.45, 7) is 8.61. The number of nitrogens with one attached hydrogen (secondary N) is 1. The Balaban J connectivity index is 1.36. The standard InChI is InChI=1S/C25H32N4O3S2/c1-25(2,3)18-9-10-20-21(16-26)24(33-22(20)15-18)27-23(30)17-28-11-13-29(14-12-28)34(31,32)19-7-5-4-6-8-19/h4-8,18H,9-15,17H2,1-3H3,(H,27,30). The quantitative estimate of drug-likeness (QED) is 0.675. The third-order valence-electron chi connectivity index (χ3n) is 6.93. The van der Waals surface area contributed by atoms with Crippen LogP contribution in [0, 0.1) is 22.7 Å². The molecule has 1 aliphatic heterocycles. The maximum Gasteiger partial charge on any atom is 0.243 e. The van der Waals surface area contributed by atoms with E-state index in [2.05, 4.69) is 32.2 Å². The van der Waals surface area contributed by atoms with Gasteiger partial charge in [-0.05, 0) is 48.3 Å². The molecular weight excluding hydrogens is 468 g/mol. The Kier molecular flexibility index (Phi) is 7.15. The van der Waals surface area contributed by atoms with Crippen LogP contribution in [-0.2, 0) is 27.7 Å². The Hall–Kier alpha value is -2.25. The monoisotopic (exact) mass is 500 g/mol. The lowest BCUT2D eigenvalue weighted by molar-refractivity contribution is -0.117. The summed E-state index contributed by atoms with van der Waals surface area (Å²) >= 11 is 1.54. The predicted molar refractivity (Wildman–Crippen MR) is 134 cm³/mol.